The van der Waals surface area contributed by atoms with Gasteiger partial charge in [0.15, 0.2) is 0 Å². The van der Waals surface area contributed by atoms with Crippen molar-refractivity contribution in [2.75, 3.05) is 5.32 Å². The third kappa shape index (κ3) is 2.97. The zero-order valence-corrected chi connectivity index (χ0v) is 13.1. The molecule has 2 aromatic carbocycles. The first kappa shape index (κ1) is 14.4. The minimum atomic E-state index is -0.0278. The fourth-order valence-electron chi connectivity index (χ4n) is 2.84. The molecule has 0 aliphatic heterocycles. The predicted octanol–water partition coefficient (Wildman–Crippen LogP) is 4.83. The van der Waals surface area contributed by atoms with Crippen LogP contribution >= 0.6 is 0 Å². The highest BCUT2D eigenvalue weighted by atomic mass is 14.9. The van der Waals surface area contributed by atoms with Gasteiger partial charge in [0.05, 0.1) is 17.3 Å². The van der Waals surface area contributed by atoms with Crippen LogP contribution in [0.25, 0.3) is 10.9 Å². The number of nitrogens with zero attached hydrogens (tertiary/aromatic N) is 2. The molecule has 4 aromatic rings. The second kappa shape index (κ2) is 6.50. The number of benzene rings is 2. The highest BCUT2D eigenvalue weighted by Crippen LogP contribution is 2.27. The Bertz CT molecular complexity index is 936. The van der Waals surface area contributed by atoms with Crippen molar-refractivity contribution < 1.29 is 0 Å². The second-order valence-corrected chi connectivity index (χ2v) is 5.65. The van der Waals surface area contributed by atoms with Crippen LogP contribution in [0.2, 0.25) is 0 Å². The van der Waals surface area contributed by atoms with E-state index in [1.54, 1.807) is 0 Å². The Kier molecular flexibility index (Phi) is 3.90. The summed E-state index contributed by atoms with van der Waals surface area (Å²) in [4.78, 5) is 9.03. The number of anilines is 1. The second-order valence-electron chi connectivity index (χ2n) is 5.65. The summed E-state index contributed by atoms with van der Waals surface area (Å²) >= 11 is 0. The van der Waals surface area contributed by atoms with Crippen LogP contribution in [0.3, 0.4) is 0 Å². The fraction of sp³-hybridized carbons (Fsp3) is 0.0476. The Morgan fingerprint density at radius 3 is 2.38 bits per heavy atom. The molecule has 1 N–H and O–H groups in total. The summed E-state index contributed by atoms with van der Waals surface area (Å²) in [6.07, 6.45) is 3.65. The number of fused-ring (bicyclic) bond motifs is 1. The van der Waals surface area contributed by atoms with Crippen molar-refractivity contribution in [2.45, 2.75) is 6.04 Å². The standard InChI is InChI=1S/C21H17N3/c1-2-8-18(9-3-1)24-21(19-10-4-5-13-22-19)17-12-11-16-7-6-14-23-20(16)15-17/h1-15,21,24H. The van der Waals surface area contributed by atoms with Crippen LogP contribution in [0.4, 0.5) is 5.69 Å². The lowest BCUT2D eigenvalue weighted by Gasteiger charge is -2.20. The maximum Gasteiger partial charge on any atom is 0.0940 e. The van der Waals surface area contributed by atoms with Crippen molar-refractivity contribution in [1.29, 1.82) is 0 Å². The number of nitrogens with one attached hydrogen (secondary N) is 1. The molecule has 0 aliphatic rings. The van der Waals surface area contributed by atoms with E-state index >= 15 is 0 Å². The zero-order valence-electron chi connectivity index (χ0n) is 13.1. The lowest BCUT2D eigenvalue weighted by molar-refractivity contribution is 0.888. The predicted molar refractivity (Wildman–Crippen MR) is 97.9 cm³/mol. The van der Waals surface area contributed by atoms with E-state index in [0.717, 1.165) is 27.8 Å². The van der Waals surface area contributed by atoms with Gasteiger partial charge in [0.2, 0.25) is 0 Å². The monoisotopic (exact) mass is 311 g/mol. The van der Waals surface area contributed by atoms with Gasteiger partial charge in [0.1, 0.15) is 0 Å². The van der Waals surface area contributed by atoms with E-state index < -0.39 is 0 Å². The zero-order chi connectivity index (χ0) is 16.2. The quantitative estimate of drug-likeness (QED) is 0.586. The maximum absolute atomic E-state index is 4.55. The topological polar surface area (TPSA) is 37.8 Å². The fourth-order valence-corrected chi connectivity index (χ4v) is 2.84. The number of hydrogen-bond acceptors (Lipinski definition) is 3. The number of rotatable bonds is 4. The summed E-state index contributed by atoms with van der Waals surface area (Å²) in [5.41, 5.74) is 4.18. The summed E-state index contributed by atoms with van der Waals surface area (Å²) in [5.74, 6) is 0. The van der Waals surface area contributed by atoms with Crippen molar-refractivity contribution in [3.8, 4) is 0 Å². The molecule has 3 nitrogen and oxygen atoms in total. The number of pyridine rings is 2. The molecule has 1 atom stereocenters. The molecule has 0 amide bonds. The van der Waals surface area contributed by atoms with Gasteiger partial charge in [-0.25, -0.2) is 0 Å². The Hall–Kier alpha value is -3.20. The summed E-state index contributed by atoms with van der Waals surface area (Å²) < 4.78 is 0. The summed E-state index contributed by atoms with van der Waals surface area (Å²) in [6, 6.07) is 26.6. The van der Waals surface area contributed by atoms with Gasteiger partial charge in [-0.15, -0.1) is 0 Å². The van der Waals surface area contributed by atoms with Crippen LogP contribution in [0.1, 0.15) is 17.3 Å². The lowest BCUT2D eigenvalue weighted by Crippen LogP contribution is -2.13. The first-order valence-electron chi connectivity index (χ1n) is 7.97. The molecule has 116 valence electrons. The Morgan fingerprint density at radius 2 is 1.54 bits per heavy atom. The SMILES string of the molecule is c1ccc(NC(c2ccc3cccnc3c2)c2ccccn2)cc1. The van der Waals surface area contributed by atoms with E-state index in [9.17, 15) is 0 Å². The Morgan fingerprint density at radius 1 is 0.708 bits per heavy atom. The van der Waals surface area contributed by atoms with Gasteiger partial charge < -0.3 is 5.32 Å². The molecule has 0 aliphatic carbocycles. The van der Waals surface area contributed by atoms with Crippen LogP contribution < -0.4 is 5.32 Å². The molecule has 24 heavy (non-hydrogen) atoms. The highest BCUT2D eigenvalue weighted by Gasteiger charge is 2.15. The molecule has 0 radical (unpaired) electrons. The first-order valence-corrected chi connectivity index (χ1v) is 7.97. The molecular weight excluding hydrogens is 294 g/mol. The number of hydrogen-bond donors (Lipinski definition) is 1. The van der Waals surface area contributed by atoms with Gasteiger partial charge in [0.25, 0.3) is 0 Å². The molecule has 0 spiro atoms. The number of aromatic nitrogens is 2. The molecule has 1 unspecified atom stereocenters. The molecule has 0 saturated carbocycles. The van der Waals surface area contributed by atoms with Crippen molar-refractivity contribution >= 4 is 16.6 Å². The lowest BCUT2D eigenvalue weighted by atomic mass is 10.0. The smallest absolute Gasteiger partial charge is 0.0940 e. The minimum absolute atomic E-state index is 0.0278. The van der Waals surface area contributed by atoms with Crippen LogP contribution in [0, 0.1) is 0 Å². The van der Waals surface area contributed by atoms with Gasteiger partial charge in [-0.05, 0) is 42.0 Å². The molecule has 2 aromatic heterocycles. The summed E-state index contributed by atoms with van der Waals surface area (Å²) in [6.45, 7) is 0. The van der Waals surface area contributed by atoms with E-state index in [-0.39, 0.29) is 6.04 Å². The van der Waals surface area contributed by atoms with E-state index in [1.165, 1.54) is 0 Å². The molecular formula is C21H17N3. The van der Waals surface area contributed by atoms with Crippen molar-refractivity contribution in [1.82, 2.24) is 9.97 Å². The average Bonchev–Trinajstić information content (AvgIpc) is 2.67. The van der Waals surface area contributed by atoms with Crippen LogP contribution in [0.15, 0.2) is 91.3 Å². The molecule has 0 fully saturated rings. The number of para-hydroxylation sites is 1. The van der Waals surface area contributed by atoms with Crippen molar-refractivity contribution in [3.05, 3.63) is 103 Å². The highest BCUT2D eigenvalue weighted by molar-refractivity contribution is 5.79. The third-order valence-electron chi connectivity index (χ3n) is 4.03. The molecule has 2 heterocycles. The third-order valence-corrected chi connectivity index (χ3v) is 4.03. The summed E-state index contributed by atoms with van der Waals surface area (Å²) in [5, 5.41) is 4.73. The average molecular weight is 311 g/mol. The van der Waals surface area contributed by atoms with Crippen molar-refractivity contribution in [2.24, 2.45) is 0 Å². The van der Waals surface area contributed by atoms with E-state index in [1.807, 2.05) is 54.9 Å². The normalized spacial score (nSPS) is 12.0. The molecule has 4 rings (SSSR count). The van der Waals surface area contributed by atoms with E-state index in [0.29, 0.717) is 0 Å². The minimum Gasteiger partial charge on any atom is -0.373 e. The van der Waals surface area contributed by atoms with Gasteiger partial charge in [-0.1, -0.05) is 42.5 Å². The van der Waals surface area contributed by atoms with E-state index in [2.05, 4.69) is 51.7 Å². The van der Waals surface area contributed by atoms with Gasteiger partial charge in [-0.2, -0.15) is 0 Å². The molecule has 0 bridgehead atoms. The van der Waals surface area contributed by atoms with Crippen LogP contribution in [0.5, 0.6) is 0 Å². The Labute approximate surface area is 141 Å². The van der Waals surface area contributed by atoms with Gasteiger partial charge in [0, 0.05) is 23.5 Å². The Balaban J connectivity index is 1.78. The molecule has 0 saturated heterocycles. The first-order chi connectivity index (χ1) is 11.9. The maximum atomic E-state index is 4.55. The van der Waals surface area contributed by atoms with Crippen molar-refractivity contribution in [3.63, 3.8) is 0 Å². The van der Waals surface area contributed by atoms with E-state index in [4.69, 9.17) is 0 Å². The van der Waals surface area contributed by atoms with Gasteiger partial charge >= 0.3 is 0 Å². The largest absolute Gasteiger partial charge is 0.373 e. The molecule has 3 heteroatoms. The van der Waals surface area contributed by atoms with Gasteiger partial charge in [-0.3, -0.25) is 9.97 Å². The van der Waals surface area contributed by atoms with Crippen LogP contribution in [-0.4, -0.2) is 9.97 Å². The summed E-state index contributed by atoms with van der Waals surface area (Å²) in [7, 11) is 0. The van der Waals surface area contributed by atoms with Crippen LogP contribution in [-0.2, 0) is 0 Å².